The molecule has 0 aliphatic rings. The second-order valence-electron chi connectivity index (χ2n) is 6.49. The van der Waals surface area contributed by atoms with E-state index in [1.807, 2.05) is 6.07 Å². The molecule has 3 rings (SSSR count). The van der Waals surface area contributed by atoms with Crippen LogP contribution < -0.4 is 9.47 Å². The molecule has 0 atom stereocenters. The fraction of sp³-hybridized carbons (Fsp3) is 0.238. The Bertz CT molecular complexity index is 1060. The van der Waals surface area contributed by atoms with Crippen LogP contribution in [-0.2, 0) is 16.7 Å². The number of aryl methyl sites for hydroxylation is 1. The molecule has 0 radical (unpaired) electrons. The third-order valence-electron chi connectivity index (χ3n) is 4.25. The molecule has 0 bridgehead atoms. The van der Waals surface area contributed by atoms with Crippen molar-refractivity contribution in [2.75, 3.05) is 13.7 Å². The van der Waals surface area contributed by atoms with E-state index in [9.17, 15) is 18.0 Å². The van der Waals surface area contributed by atoms with E-state index in [2.05, 4.69) is 5.16 Å². The van der Waals surface area contributed by atoms with Gasteiger partial charge in [-0.2, -0.15) is 13.2 Å². The first kappa shape index (κ1) is 22.5. The standard InChI is InChI=1S/C21H18F3NO5S/c1-12-7-19(18(28-2)9-17(12)29-10-20(26)27)31-11-15-8-16(25-30-15)13-3-5-14(6-4-13)21(22,23)24/h3-9H,10-11H2,1-2H3,(H,26,27). The lowest BCUT2D eigenvalue weighted by Crippen LogP contribution is -2.10. The summed E-state index contributed by atoms with van der Waals surface area (Å²) in [6.45, 7) is 1.33. The predicted octanol–water partition coefficient (Wildman–Crippen LogP) is 5.43. The number of hydrogen-bond donors (Lipinski definition) is 1. The maximum Gasteiger partial charge on any atom is 0.416 e. The van der Waals surface area contributed by atoms with E-state index in [1.165, 1.54) is 31.0 Å². The van der Waals surface area contributed by atoms with Gasteiger partial charge in [0.1, 0.15) is 23.0 Å². The summed E-state index contributed by atoms with van der Waals surface area (Å²) in [5.74, 6) is 0.779. The third-order valence-corrected chi connectivity index (χ3v) is 5.31. The summed E-state index contributed by atoms with van der Waals surface area (Å²) >= 11 is 1.41. The molecule has 0 saturated heterocycles. The van der Waals surface area contributed by atoms with Gasteiger partial charge in [-0.25, -0.2) is 4.79 Å². The van der Waals surface area contributed by atoms with E-state index in [0.717, 1.165) is 22.6 Å². The Balaban J connectivity index is 1.70. The number of rotatable bonds is 8. The Hall–Kier alpha value is -3.14. The molecular formula is C21H18F3NO5S. The van der Waals surface area contributed by atoms with Crippen molar-refractivity contribution in [2.45, 2.75) is 23.7 Å². The summed E-state index contributed by atoms with van der Waals surface area (Å²) in [5.41, 5.74) is 0.965. The number of aromatic nitrogens is 1. The molecular weight excluding hydrogens is 435 g/mol. The number of alkyl halides is 3. The summed E-state index contributed by atoms with van der Waals surface area (Å²) in [5, 5.41) is 12.7. The van der Waals surface area contributed by atoms with Gasteiger partial charge in [0.05, 0.1) is 23.3 Å². The van der Waals surface area contributed by atoms with E-state index in [0.29, 0.717) is 34.3 Å². The molecule has 1 N–H and O–H groups in total. The third kappa shape index (κ3) is 5.72. The quantitative estimate of drug-likeness (QED) is 0.455. The van der Waals surface area contributed by atoms with Crippen molar-refractivity contribution in [1.29, 1.82) is 0 Å². The first-order chi connectivity index (χ1) is 14.7. The summed E-state index contributed by atoms with van der Waals surface area (Å²) < 4.78 is 54.0. The van der Waals surface area contributed by atoms with Crippen LogP contribution in [0.3, 0.4) is 0 Å². The van der Waals surface area contributed by atoms with Gasteiger partial charge >= 0.3 is 12.1 Å². The molecule has 0 aliphatic carbocycles. The molecule has 164 valence electrons. The maximum atomic E-state index is 12.7. The molecule has 0 saturated carbocycles. The number of halogens is 3. The molecule has 0 spiro atoms. The van der Waals surface area contributed by atoms with Crippen LogP contribution in [0.4, 0.5) is 13.2 Å². The Morgan fingerprint density at radius 2 is 1.87 bits per heavy atom. The van der Waals surface area contributed by atoms with Gasteiger partial charge in [-0.3, -0.25) is 0 Å². The minimum atomic E-state index is -4.39. The highest BCUT2D eigenvalue weighted by atomic mass is 32.2. The van der Waals surface area contributed by atoms with E-state index in [1.54, 1.807) is 19.1 Å². The lowest BCUT2D eigenvalue weighted by Gasteiger charge is -2.13. The fourth-order valence-electron chi connectivity index (χ4n) is 2.71. The average Bonchev–Trinajstić information content (AvgIpc) is 3.20. The van der Waals surface area contributed by atoms with Gasteiger partial charge in [0, 0.05) is 17.7 Å². The van der Waals surface area contributed by atoms with Crippen LogP contribution in [0.25, 0.3) is 11.3 Å². The fourth-order valence-corrected chi connectivity index (χ4v) is 3.68. The van der Waals surface area contributed by atoms with Gasteiger partial charge in [-0.15, -0.1) is 11.8 Å². The molecule has 0 amide bonds. The van der Waals surface area contributed by atoms with Crippen LogP contribution in [0.2, 0.25) is 0 Å². The first-order valence-electron chi connectivity index (χ1n) is 8.96. The van der Waals surface area contributed by atoms with Crippen LogP contribution in [-0.4, -0.2) is 29.9 Å². The van der Waals surface area contributed by atoms with Crippen molar-refractivity contribution >= 4 is 17.7 Å². The second-order valence-corrected chi connectivity index (χ2v) is 7.51. The topological polar surface area (TPSA) is 81.8 Å². The SMILES string of the molecule is COc1cc(OCC(=O)O)c(C)cc1SCc1cc(-c2ccc(C(F)(F)F)cc2)no1. The molecule has 0 unspecified atom stereocenters. The van der Waals surface area contributed by atoms with Crippen molar-refractivity contribution in [3.63, 3.8) is 0 Å². The van der Waals surface area contributed by atoms with Crippen molar-refractivity contribution in [3.8, 4) is 22.8 Å². The van der Waals surface area contributed by atoms with Crippen LogP contribution in [0.5, 0.6) is 11.5 Å². The molecule has 0 fully saturated rings. The number of carbonyl (C=O) groups is 1. The molecule has 2 aromatic carbocycles. The highest BCUT2D eigenvalue weighted by Gasteiger charge is 2.30. The highest BCUT2D eigenvalue weighted by Crippen LogP contribution is 2.37. The molecule has 10 heteroatoms. The van der Waals surface area contributed by atoms with E-state index in [-0.39, 0.29) is 0 Å². The highest BCUT2D eigenvalue weighted by molar-refractivity contribution is 7.98. The lowest BCUT2D eigenvalue weighted by molar-refractivity contribution is -0.139. The monoisotopic (exact) mass is 453 g/mol. The van der Waals surface area contributed by atoms with Crippen molar-refractivity contribution in [2.24, 2.45) is 0 Å². The number of nitrogens with zero attached hydrogens (tertiary/aromatic N) is 1. The van der Waals surface area contributed by atoms with Gasteiger partial charge in [0.2, 0.25) is 0 Å². The van der Waals surface area contributed by atoms with Crippen LogP contribution in [0.15, 0.2) is 51.9 Å². The minimum absolute atomic E-state index is 0.402. The van der Waals surface area contributed by atoms with Gasteiger partial charge in [0.15, 0.2) is 6.61 Å². The second kappa shape index (κ2) is 9.34. The number of carboxylic acids is 1. The summed E-state index contributed by atoms with van der Waals surface area (Å²) in [6, 6.07) is 9.79. The summed E-state index contributed by atoms with van der Waals surface area (Å²) in [6.07, 6.45) is -4.39. The van der Waals surface area contributed by atoms with Crippen molar-refractivity contribution in [3.05, 3.63) is 59.4 Å². The van der Waals surface area contributed by atoms with E-state index >= 15 is 0 Å². The Kier molecular flexibility index (Phi) is 6.79. The molecule has 31 heavy (non-hydrogen) atoms. The number of aliphatic carboxylic acids is 1. The molecule has 6 nitrogen and oxygen atoms in total. The van der Waals surface area contributed by atoms with Gasteiger partial charge in [0.25, 0.3) is 0 Å². The number of methoxy groups -OCH3 is 1. The number of benzene rings is 2. The average molecular weight is 453 g/mol. The van der Waals surface area contributed by atoms with Crippen molar-refractivity contribution in [1.82, 2.24) is 5.16 Å². The zero-order valence-electron chi connectivity index (χ0n) is 16.5. The Morgan fingerprint density at radius 3 is 2.48 bits per heavy atom. The lowest BCUT2D eigenvalue weighted by atomic mass is 10.1. The normalized spacial score (nSPS) is 11.4. The number of carboxylic acid groups (broad SMARTS) is 1. The van der Waals surface area contributed by atoms with Crippen LogP contribution >= 0.6 is 11.8 Å². The van der Waals surface area contributed by atoms with Gasteiger partial charge in [-0.05, 0) is 30.7 Å². The predicted molar refractivity (Wildman–Crippen MR) is 107 cm³/mol. The van der Waals surface area contributed by atoms with Crippen LogP contribution in [0.1, 0.15) is 16.9 Å². The van der Waals surface area contributed by atoms with Gasteiger partial charge in [-0.1, -0.05) is 17.3 Å². The minimum Gasteiger partial charge on any atom is -0.495 e. The maximum absolute atomic E-state index is 12.7. The molecule has 1 aromatic heterocycles. The molecule has 3 aromatic rings. The van der Waals surface area contributed by atoms with E-state index < -0.39 is 24.3 Å². The summed E-state index contributed by atoms with van der Waals surface area (Å²) in [4.78, 5) is 11.5. The largest absolute Gasteiger partial charge is 0.495 e. The number of hydrogen-bond acceptors (Lipinski definition) is 6. The number of thioether (sulfide) groups is 1. The molecule has 1 heterocycles. The summed E-state index contributed by atoms with van der Waals surface area (Å²) in [7, 11) is 1.49. The van der Waals surface area contributed by atoms with Crippen molar-refractivity contribution < 1.29 is 37.1 Å². The first-order valence-corrected chi connectivity index (χ1v) is 9.95. The zero-order chi connectivity index (χ0) is 22.6. The smallest absolute Gasteiger partial charge is 0.416 e. The number of ether oxygens (including phenoxy) is 2. The van der Waals surface area contributed by atoms with Gasteiger partial charge < -0.3 is 19.1 Å². The Labute approximate surface area is 180 Å². The molecule has 0 aliphatic heterocycles. The Morgan fingerprint density at radius 1 is 1.16 bits per heavy atom. The van der Waals surface area contributed by atoms with E-state index in [4.69, 9.17) is 19.1 Å². The zero-order valence-corrected chi connectivity index (χ0v) is 17.3. The van der Waals surface area contributed by atoms with Crippen LogP contribution in [0, 0.1) is 6.92 Å².